The van der Waals surface area contributed by atoms with Gasteiger partial charge in [0, 0.05) is 48.8 Å². The molecule has 0 amide bonds. The van der Waals surface area contributed by atoms with Crippen molar-refractivity contribution in [1.29, 1.82) is 0 Å². The minimum Gasteiger partial charge on any atom is -1.00 e. The van der Waals surface area contributed by atoms with E-state index in [-0.39, 0.29) is 96.5 Å². The summed E-state index contributed by atoms with van der Waals surface area (Å²) in [6.07, 6.45) is 10.4. The number of likely N-dealkylation sites (tertiary alicyclic amines) is 2. The lowest BCUT2D eigenvalue weighted by Crippen LogP contribution is -3.00. The number of rotatable bonds is 5. The number of likely N-dealkylation sites (N-methyl/N-ethyl adjacent to an activating group) is 1. The maximum Gasteiger partial charge on any atom is 0.174 e. The van der Waals surface area contributed by atoms with Crippen LogP contribution in [0.5, 0.6) is 23.0 Å². The molecule has 0 radical (unpaired) electrons. The van der Waals surface area contributed by atoms with Gasteiger partial charge >= 0.3 is 0 Å². The Hall–Kier alpha value is -2.64. The van der Waals surface area contributed by atoms with Gasteiger partial charge in [-0.15, -0.1) is 0 Å². The van der Waals surface area contributed by atoms with Gasteiger partial charge in [-0.3, -0.25) is 14.6 Å². The van der Waals surface area contributed by atoms with Crippen LogP contribution in [0, 0.1) is 11.8 Å². The monoisotopic (exact) mass is 844 g/mol. The van der Waals surface area contributed by atoms with Crippen LogP contribution in [-0.4, -0.2) is 118 Å². The molecule has 0 aromatic heterocycles. The molecule has 6 aliphatic carbocycles. The van der Waals surface area contributed by atoms with Crippen LogP contribution in [0.4, 0.5) is 0 Å². The number of nitrogens with two attached hydrogens (primary N) is 1. The van der Waals surface area contributed by atoms with Gasteiger partial charge in [0.1, 0.15) is 6.10 Å². The summed E-state index contributed by atoms with van der Waals surface area (Å²) in [5, 5.41) is 48.4. The van der Waals surface area contributed by atoms with Gasteiger partial charge in [-0.2, -0.15) is 0 Å². The second-order valence-corrected chi connectivity index (χ2v) is 17.9. The number of nitrogens with zero attached hydrogens (tertiary/aromatic N) is 2. The number of carbonyl (C=O) groups excluding carboxylic acids is 1. The van der Waals surface area contributed by atoms with Crippen molar-refractivity contribution >= 4 is 5.78 Å². The number of phenols is 2. The fraction of sp³-hybridized carbons (Fsp3) is 0.723. The first-order chi connectivity index (χ1) is 25.6. The summed E-state index contributed by atoms with van der Waals surface area (Å²) in [6.45, 7) is 4.10. The lowest BCUT2D eigenvalue weighted by Gasteiger charge is -2.64. The molecule has 6 fully saturated rings. The highest BCUT2D eigenvalue weighted by Crippen LogP contribution is 2.67. The third-order valence-electron chi connectivity index (χ3n) is 15.7. The van der Waals surface area contributed by atoms with Gasteiger partial charge in [0.25, 0.3) is 0 Å². The van der Waals surface area contributed by atoms with Crippen molar-refractivity contribution in [3.05, 3.63) is 46.5 Å². The Kier molecular flexibility index (Phi) is 14.0. The Bertz CT molecular complexity index is 1860. The van der Waals surface area contributed by atoms with Crippen molar-refractivity contribution in [2.75, 3.05) is 40.3 Å². The van der Waals surface area contributed by atoms with Crippen LogP contribution in [0.3, 0.4) is 0 Å². The molecule has 12 rings (SSSR count). The maximum atomic E-state index is 12.7. The quantitative estimate of drug-likeness (QED) is 0.263. The average Bonchev–Trinajstić information content (AvgIpc) is 4.08. The van der Waals surface area contributed by atoms with E-state index in [0.29, 0.717) is 24.3 Å². The average molecular weight is 845 g/mol. The van der Waals surface area contributed by atoms with Crippen molar-refractivity contribution in [2.45, 2.75) is 167 Å². The molecule has 9 atom stereocenters. The molecule has 2 aromatic rings. The Balaban J connectivity index is 0.000000228. The third-order valence-corrected chi connectivity index (χ3v) is 15.7. The molecule has 334 valence electrons. The first-order valence-corrected chi connectivity index (χ1v) is 20.4. The number of benzene rings is 2. The number of phenolic OH excluding ortho intramolecular Hbond substituents is 2. The highest BCUT2D eigenvalue weighted by atomic mass is 35.5. The Morgan fingerprint density at radius 2 is 1.19 bits per heavy atom. The van der Waals surface area contributed by atoms with Gasteiger partial charge in [0.2, 0.25) is 0 Å². The number of Topliss-reactive ketones (excluding diaryl/α,β-unsaturated/α-hetero) is 1. The molecular weight excluding hydrogens is 768 g/mol. The predicted molar refractivity (Wildman–Crippen MR) is 231 cm³/mol. The molecule has 4 saturated carbocycles. The topological polar surface area (TPSA) is 161 Å². The van der Waals surface area contributed by atoms with Crippen molar-refractivity contribution in [3.63, 3.8) is 0 Å². The van der Waals surface area contributed by atoms with E-state index >= 15 is 0 Å². The number of carbonyl (C=O) groups is 1. The van der Waals surface area contributed by atoms with E-state index in [9.17, 15) is 25.2 Å². The van der Waals surface area contributed by atoms with Crippen LogP contribution < -0.4 is 32.9 Å². The fourth-order valence-electron chi connectivity index (χ4n) is 13.0. The van der Waals surface area contributed by atoms with Crippen molar-refractivity contribution in [2.24, 2.45) is 17.6 Å². The molecular formula is C47H76ClN4O7-. The molecule has 4 aliphatic heterocycles. The van der Waals surface area contributed by atoms with E-state index in [1.54, 1.807) is 12.1 Å². The minimum absolute atomic E-state index is 0. The van der Waals surface area contributed by atoms with Crippen LogP contribution in [0.2, 0.25) is 0 Å². The number of hydrogen-bond donors (Lipinski definition) is 6. The zero-order chi connectivity index (χ0) is 36.7. The molecule has 2 aromatic carbocycles. The van der Waals surface area contributed by atoms with E-state index in [1.165, 1.54) is 38.3 Å². The van der Waals surface area contributed by atoms with Gasteiger partial charge in [-0.05, 0) is 133 Å². The molecule has 7 N–H and O–H groups in total. The predicted octanol–water partition coefficient (Wildman–Crippen LogP) is 2.83. The number of ketones is 1. The van der Waals surface area contributed by atoms with E-state index in [1.807, 2.05) is 13.1 Å². The summed E-state index contributed by atoms with van der Waals surface area (Å²) in [5.74, 6) is 3.08. The summed E-state index contributed by atoms with van der Waals surface area (Å²) in [5.41, 5.74) is 6.20. The third kappa shape index (κ3) is 6.37. The van der Waals surface area contributed by atoms with Crippen LogP contribution in [0.25, 0.3) is 0 Å². The summed E-state index contributed by atoms with van der Waals surface area (Å²) in [7, 11) is 3.49. The molecule has 2 saturated heterocycles. The summed E-state index contributed by atoms with van der Waals surface area (Å²) in [4.78, 5) is 17.8. The van der Waals surface area contributed by atoms with Gasteiger partial charge in [-0.1, -0.05) is 49.3 Å². The highest BCUT2D eigenvalue weighted by Gasteiger charge is 2.74. The van der Waals surface area contributed by atoms with E-state index in [2.05, 4.69) is 26.9 Å². The fourth-order valence-corrected chi connectivity index (χ4v) is 13.0. The van der Waals surface area contributed by atoms with Crippen LogP contribution in [-0.2, 0) is 28.5 Å². The minimum atomic E-state index is -0.940. The molecule has 4 heterocycles. The van der Waals surface area contributed by atoms with E-state index < -0.39 is 22.7 Å². The van der Waals surface area contributed by atoms with Gasteiger partial charge < -0.3 is 53.4 Å². The van der Waals surface area contributed by atoms with Crippen LogP contribution in [0.1, 0.15) is 124 Å². The zero-order valence-electron chi connectivity index (χ0n) is 31.5. The lowest BCUT2D eigenvalue weighted by molar-refractivity contribution is -0.191. The Labute approximate surface area is 360 Å². The normalized spacial score (nSPS) is 36.6. The Morgan fingerprint density at radius 1 is 0.712 bits per heavy atom. The molecule has 2 spiro atoms. The summed E-state index contributed by atoms with van der Waals surface area (Å²) >= 11 is 0. The Morgan fingerprint density at radius 3 is 1.69 bits per heavy atom. The highest BCUT2D eigenvalue weighted by molar-refractivity contribution is 5.90. The number of halogens is 1. The number of hydrogen-bond acceptors (Lipinski definition) is 11. The molecule has 11 nitrogen and oxygen atoms in total. The van der Waals surface area contributed by atoms with Crippen LogP contribution in [0.15, 0.2) is 24.3 Å². The number of piperidine rings is 2. The summed E-state index contributed by atoms with van der Waals surface area (Å²) < 4.78 is 12.5. The maximum absolute atomic E-state index is 12.7. The number of ether oxygens (including phenoxy) is 2. The SMILES string of the molecule is C.C.C.C.C.CN.CN[C@@H]1CC[C@]2(O)C3Cc4ccc(O)c5c4[C@]2(CCN3CC2CC2)[C@@H]1O5.O=C1CC[C@]2(O)C3Cc4ccc(O)c5c4[C@]2(CCN3CC2CC2)[C@@H]1O5.[Cl-]. The zero-order valence-corrected chi connectivity index (χ0v) is 32.3. The van der Waals surface area contributed by atoms with Gasteiger partial charge in [0.05, 0.1) is 22.0 Å². The van der Waals surface area contributed by atoms with E-state index in [4.69, 9.17) is 9.47 Å². The second kappa shape index (κ2) is 16.9. The molecule has 4 bridgehead atoms. The number of nitrogens with one attached hydrogen (secondary N) is 1. The second-order valence-electron chi connectivity index (χ2n) is 17.9. The van der Waals surface area contributed by atoms with Crippen molar-refractivity contribution < 1.29 is 47.1 Å². The first kappa shape index (κ1) is 49.0. The first-order valence-electron chi connectivity index (χ1n) is 20.4. The van der Waals surface area contributed by atoms with Crippen LogP contribution >= 0.6 is 0 Å². The standard InChI is InChI=1S/C21H28N2O3.C20H23NO4.CH5N.5CH4.ClH/c1-22-14-6-7-21(25)16-10-13-4-5-15(24)18-17(13)20(21,19(14)26-18)8-9-23(16)11-12-2-3-12;22-13-4-3-12-9-15-20(24)6-5-14(23)18-19(20,16(12)17(13)25-18)7-8-21(15)10-11-1-2-11;1-2;;;;;;/h4-5,12,14,16,19,22,24-25H,2-3,6-11H2,1H3;3-4,11,15,18,22,24H,1-2,5-10H2;2H2,1H3;5*1H4;1H/p-1/t14-,16?,19-,20-,21+;15?,18-,19-,20+;;;;;;;/m11......./s1. The smallest absolute Gasteiger partial charge is 0.174 e. The van der Waals surface area contributed by atoms with Crippen molar-refractivity contribution in [3.8, 4) is 23.0 Å². The number of aromatic hydroxyl groups is 2. The molecule has 10 aliphatic rings. The number of aliphatic hydroxyl groups is 2. The van der Waals surface area contributed by atoms with Gasteiger partial charge in [-0.25, -0.2) is 0 Å². The van der Waals surface area contributed by atoms with E-state index in [0.717, 1.165) is 93.2 Å². The van der Waals surface area contributed by atoms with Crippen molar-refractivity contribution in [1.82, 2.24) is 15.1 Å². The van der Waals surface area contributed by atoms with Gasteiger partial charge in [0.15, 0.2) is 34.9 Å². The lowest BCUT2D eigenvalue weighted by atomic mass is 9.48. The molecule has 2 unspecified atom stereocenters. The largest absolute Gasteiger partial charge is 1.00 e. The molecule has 12 heteroatoms. The molecule has 59 heavy (non-hydrogen) atoms. The summed E-state index contributed by atoms with van der Waals surface area (Å²) in [6, 6.07) is 7.92.